The standard InChI is InChI=1S/C32H33N3O7S/c1-7-41-31(38)25-16-23-12-14-33-30(37)28(23)35(25)43(39,40)32(5)13-11-22(15-21(32)4)24-17-27(36)34(6)18-26(24)42-29-19(2)9-8-10-20(29)3/h8-12,14-18H,7,13H2,1-6H3,(H,33,37). The highest BCUT2D eigenvalue weighted by Gasteiger charge is 2.45. The van der Waals surface area contributed by atoms with Gasteiger partial charge in [-0.15, -0.1) is 0 Å². The van der Waals surface area contributed by atoms with Crippen LogP contribution in [0.5, 0.6) is 11.5 Å². The Morgan fingerprint density at radius 1 is 1.09 bits per heavy atom. The van der Waals surface area contributed by atoms with Crippen molar-refractivity contribution in [1.29, 1.82) is 0 Å². The summed E-state index contributed by atoms with van der Waals surface area (Å²) in [7, 11) is -2.78. The topological polar surface area (TPSA) is 129 Å². The number of aromatic amines is 1. The van der Waals surface area contributed by atoms with Crippen LogP contribution < -0.4 is 15.9 Å². The molecule has 10 nitrogen and oxygen atoms in total. The Labute approximate surface area is 248 Å². The van der Waals surface area contributed by atoms with Gasteiger partial charge in [0.2, 0.25) is 10.0 Å². The molecule has 0 radical (unpaired) electrons. The Hall–Kier alpha value is -4.64. The number of aromatic nitrogens is 3. The number of benzene rings is 1. The van der Waals surface area contributed by atoms with Crippen LogP contribution in [0, 0.1) is 13.8 Å². The molecule has 0 bridgehead atoms. The van der Waals surface area contributed by atoms with Gasteiger partial charge in [-0.2, -0.15) is 0 Å². The van der Waals surface area contributed by atoms with Crippen molar-refractivity contribution >= 4 is 32.5 Å². The second kappa shape index (κ2) is 10.9. The van der Waals surface area contributed by atoms with Crippen LogP contribution in [0.2, 0.25) is 0 Å². The van der Waals surface area contributed by atoms with E-state index in [4.69, 9.17) is 9.47 Å². The fourth-order valence-electron chi connectivity index (χ4n) is 5.33. The van der Waals surface area contributed by atoms with Gasteiger partial charge < -0.3 is 19.0 Å². The van der Waals surface area contributed by atoms with E-state index < -0.39 is 26.3 Å². The first kappa shape index (κ1) is 29.8. The first-order chi connectivity index (χ1) is 20.3. The monoisotopic (exact) mass is 603 g/mol. The number of nitrogens with one attached hydrogen (secondary N) is 1. The fourth-order valence-corrected chi connectivity index (χ4v) is 7.30. The summed E-state index contributed by atoms with van der Waals surface area (Å²) in [6, 6.07) is 10.2. The number of nitrogens with zero attached hydrogens (tertiary/aromatic N) is 2. The van der Waals surface area contributed by atoms with Gasteiger partial charge in [0.1, 0.15) is 21.7 Å². The third kappa shape index (κ3) is 4.93. The van der Waals surface area contributed by atoms with Crippen LogP contribution >= 0.6 is 0 Å². The Morgan fingerprint density at radius 3 is 2.44 bits per heavy atom. The number of allylic oxidation sites excluding steroid dienone is 3. The summed E-state index contributed by atoms with van der Waals surface area (Å²) >= 11 is 0. The zero-order valence-corrected chi connectivity index (χ0v) is 25.7. The zero-order chi connectivity index (χ0) is 31.3. The van der Waals surface area contributed by atoms with Crippen molar-refractivity contribution in [1.82, 2.24) is 13.5 Å². The third-order valence-corrected chi connectivity index (χ3v) is 10.5. The first-order valence-electron chi connectivity index (χ1n) is 13.8. The first-order valence-corrected chi connectivity index (χ1v) is 15.2. The highest BCUT2D eigenvalue weighted by Crippen LogP contribution is 2.42. The molecule has 0 aliphatic heterocycles. The molecule has 1 N–H and O–H groups in total. The van der Waals surface area contributed by atoms with Gasteiger partial charge in [0, 0.05) is 30.3 Å². The number of H-pyrrole nitrogens is 1. The van der Waals surface area contributed by atoms with Gasteiger partial charge in [0.15, 0.2) is 5.75 Å². The summed E-state index contributed by atoms with van der Waals surface area (Å²) < 4.78 is 41.1. The van der Waals surface area contributed by atoms with E-state index in [2.05, 4.69) is 4.98 Å². The highest BCUT2D eigenvalue weighted by molar-refractivity contribution is 7.91. The minimum absolute atomic E-state index is 0.00226. The molecule has 11 heteroatoms. The van der Waals surface area contributed by atoms with Crippen molar-refractivity contribution in [3.8, 4) is 11.5 Å². The van der Waals surface area contributed by atoms with Crippen molar-refractivity contribution in [3.63, 3.8) is 0 Å². The van der Waals surface area contributed by atoms with Crippen molar-refractivity contribution in [2.24, 2.45) is 7.05 Å². The molecule has 1 aliphatic carbocycles. The Bertz CT molecular complexity index is 2060. The molecule has 0 saturated heterocycles. The van der Waals surface area contributed by atoms with Crippen molar-refractivity contribution in [2.45, 2.75) is 45.8 Å². The van der Waals surface area contributed by atoms with Crippen LogP contribution in [-0.4, -0.2) is 39.3 Å². The Balaban J connectivity index is 1.63. The largest absolute Gasteiger partial charge is 0.461 e. The van der Waals surface area contributed by atoms with Crippen molar-refractivity contribution in [2.75, 3.05) is 6.61 Å². The van der Waals surface area contributed by atoms with E-state index in [1.807, 2.05) is 32.0 Å². The fraction of sp³-hybridized carbons (Fsp3) is 0.281. The molecule has 5 rings (SSSR count). The molecule has 0 spiro atoms. The van der Waals surface area contributed by atoms with Gasteiger partial charge in [-0.3, -0.25) is 9.59 Å². The lowest BCUT2D eigenvalue weighted by Crippen LogP contribution is -2.43. The van der Waals surface area contributed by atoms with Crippen LogP contribution in [0.15, 0.2) is 76.1 Å². The van der Waals surface area contributed by atoms with Gasteiger partial charge in [-0.1, -0.05) is 30.4 Å². The maximum atomic E-state index is 14.5. The number of hydrogen-bond acceptors (Lipinski definition) is 7. The highest BCUT2D eigenvalue weighted by atomic mass is 32.2. The van der Waals surface area contributed by atoms with Crippen LogP contribution in [0.1, 0.15) is 54.4 Å². The summed E-state index contributed by atoms with van der Waals surface area (Å²) in [6.45, 7) is 8.75. The van der Waals surface area contributed by atoms with Crippen molar-refractivity contribution < 1.29 is 22.7 Å². The van der Waals surface area contributed by atoms with Crippen LogP contribution in [0.3, 0.4) is 0 Å². The van der Waals surface area contributed by atoms with E-state index in [-0.39, 0.29) is 29.8 Å². The molecule has 4 aromatic rings. The van der Waals surface area contributed by atoms with E-state index in [0.717, 1.165) is 15.1 Å². The Kier molecular flexibility index (Phi) is 7.55. The van der Waals surface area contributed by atoms with Crippen LogP contribution in [-0.2, 0) is 21.8 Å². The lowest BCUT2D eigenvalue weighted by molar-refractivity contribution is 0.0518. The summed E-state index contributed by atoms with van der Waals surface area (Å²) in [5, 5.41) is 0.293. The lowest BCUT2D eigenvalue weighted by atomic mass is 9.87. The van der Waals surface area contributed by atoms with Gasteiger partial charge in [-0.25, -0.2) is 17.2 Å². The predicted octanol–water partition coefficient (Wildman–Crippen LogP) is 4.98. The normalized spacial score (nSPS) is 17.0. The molecule has 1 aromatic carbocycles. The van der Waals surface area contributed by atoms with Crippen LogP contribution in [0.25, 0.3) is 16.5 Å². The van der Waals surface area contributed by atoms with Crippen LogP contribution in [0.4, 0.5) is 0 Å². The minimum atomic E-state index is -4.42. The molecule has 0 saturated carbocycles. The maximum Gasteiger partial charge on any atom is 0.356 e. The molecular weight excluding hydrogens is 570 g/mol. The molecule has 3 aromatic heterocycles. The molecule has 43 heavy (non-hydrogen) atoms. The molecule has 1 aliphatic rings. The minimum Gasteiger partial charge on any atom is -0.461 e. The van der Waals surface area contributed by atoms with E-state index in [1.54, 1.807) is 46.2 Å². The van der Waals surface area contributed by atoms with Gasteiger partial charge in [0.05, 0.1) is 12.8 Å². The van der Waals surface area contributed by atoms with Gasteiger partial charge in [0.25, 0.3) is 11.1 Å². The number of aryl methyl sites for hydroxylation is 3. The van der Waals surface area contributed by atoms with E-state index in [9.17, 15) is 22.8 Å². The number of fused-ring (bicyclic) bond motifs is 1. The molecule has 1 atom stereocenters. The average Bonchev–Trinajstić information content (AvgIpc) is 3.36. The van der Waals surface area contributed by atoms with Crippen molar-refractivity contribution in [3.05, 3.63) is 110 Å². The smallest absolute Gasteiger partial charge is 0.356 e. The number of esters is 1. The number of para-hydroxylation sites is 1. The SMILES string of the molecule is CCOC(=O)c1cc2cc[nH]c(=O)c2n1S(=O)(=O)C1(C)CC=C(c2cc(=O)n(C)cc2Oc2c(C)cccc2C)C=C1C. The van der Waals surface area contributed by atoms with Gasteiger partial charge in [-0.05, 0) is 75.4 Å². The third-order valence-electron chi connectivity index (χ3n) is 8.02. The van der Waals surface area contributed by atoms with Gasteiger partial charge >= 0.3 is 5.97 Å². The molecule has 0 amide bonds. The summed E-state index contributed by atoms with van der Waals surface area (Å²) in [6.07, 6.45) is 6.44. The Morgan fingerprint density at radius 2 is 1.79 bits per heavy atom. The van der Waals surface area contributed by atoms with E-state index in [0.29, 0.717) is 33.6 Å². The number of carbonyl (C=O) groups excluding carboxylic acids is 1. The number of carbonyl (C=O) groups is 1. The number of rotatable bonds is 7. The lowest BCUT2D eigenvalue weighted by Gasteiger charge is -2.33. The molecule has 1 unspecified atom stereocenters. The average molecular weight is 604 g/mol. The molecule has 0 fully saturated rings. The number of ether oxygens (including phenoxy) is 2. The molecule has 3 heterocycles. The second-order valence-corrected chi connectivity index (χ2v) is 13.1. The molecular formula is C32H33N3O7S. The quantitative estimate of drug-likeness (QED) is 0.295. The van der Waals surface area contributed by atoms with E-state index >= 15 is 0 Å². The summed E-state index contributed by atoms with van der Waals surface area (Å²) in [4.78, 5) is 41.0. The maximum absolute atomic E-state index is 14.5. The summed E-state index contributed by atoms with van der Waals surface area (Å²) in [5.74, 6) is 0.254. The number of hydrogen-bond donors (Lipinski definition) is 1. The second-order valence-electron chi connectivity index (χ2n) is 10.9. The zero-order valence-electron chi connectivity index (χ0n) is 24.8. The van der Waals surface area contributed by atoms with E-state index in [1.165, 1.54) is 29.0 Å². The predicted molar refractivity (Wildman–Crippen MR) is 165 cm³/mol. The molecule has 224 valence electrons. The number of pyridine rings is 2. The summed E-state index contributed by atoms with van der Waals surface area (Å²) in [5.41, 5.74) is 2.11.